The summed E-state index contributed by atoms with van der Waals surface area (Å²) in [7, 11) is 0. The number of hydrogen-bond donors (Lipinski definition) is 3. The van der Waals surface area contributed by atoms with Gasteiger partial charge in [-0.05, 0) is 111 Å². The third-order valence-corrected chi connectivity index (χ3v) is 17.6. The number of rotatable bonds is 6. The molecule has 306 valence electrons. The van der Waals surface area contributed by atoms with E-state index in [-0.39, 0.29) is 29.1 Å². The largest absolute Gasteiger partial charge is 0.392 e. The van der Waals surface area contributed by atoms with Crippen molar-refractivity contribution in [3.8, 4) is 0 Å². The molecule has 4 fully saturated rings. The van der Waals surface area contributed by atoms with Gasteiger partial charge >= 0.3 is 0 Å². The van der Waals surface area contributed by atoms with Crippen LogP contribution in [-0.4, -0.2) is 61.5 Å². The first-order chi connectivity index (χ1) is 26.6. The highest BCUT2D eigenvalue weighted by Crippen LogP contribution is 2.75. The number of benzene rings is 1. The smallest absolute Gasteiger partial charge is 0.160 e. The van der Waals surface area contributed by atoms with Crippen molar-refractivity contribution in [2.75, 3.05) is 0 Å². The van der Waals surface area contributed by atoms with E-state index in [9.17, 15) is 19.8 Å². The maximum atomic E-state index is 15.1. The van der Waals surface area contributed by atoms with E-state index in [0.717, 1.165) is 75.5 Å². The van der Waals surface area contributed by atoms with Crippen LogP contribution >= 0.6 is 0 Å². The molecular weight excluding hydrogens is 713 g/mol. The molecule has 4 aliphatic carbocycles. The second-order valence-electron chi connectivity index (χ2n) is 21.7. The molecule has 4 heterocycles. The van der Waals surface area contributed by atoms with Gasteiger partial charge in [0.1, 0.15) is 18.2 Å². The van der Waals surface area contributed by atoms with Crippen LogP contribution in [0.3, 0.4) is 0 Å². The molecular formula is C49H64N2O6. The zero-order valence-corrected chi connectivity index (χ0v) is 35.8. The van der Waals surface area contributed by atoms with Crippen LogP contribution in [0.4, 0.5) is 0 Å². The summed E-state index contributed by atoms with van der Waals surface area (Å²) in [6, 6.07) is 6.33. The summed E-state index contributed by atoms with van der Waals surface area (Å²) in [5.74, 6) is -0.436. The Bertz CT molecular complexity index is 2240. The van der Waals surface area contributed by atoms with Gasteiger partial charge in [0.15, 0.2) is 5.78 Å². The number of aryl methyl sites for hydroxylation is 3. The Morgan fingerprint density at radius 2 is 1.67 bits per heavy atom. The summed E-state index contributed by atoms with van der Waals surface area (Å²) >= 11 is 0. The van der Waals surface area contributed by atoms with E-state index < -0.39 is 51.3 Å². The number of aliphatic hydroxyl groups is 2. The van der Waals surface area contributed by atoms with Crippen molar-refractivity contribution in [2.24, 2.45) is 44.8 Å². The van der Waals surface area contributed by atoms with Crippen molar-refractivity contribution < 1.29 is 29.3 Å². The van der Waals surface area contributed by atoms with Crippen molar-refractivity contribution in [1.82, 2.24) is 9.55 Å². The predicted molar refractivity (Wildman–Crippen MR) is 221 cm³/mol. The summed E-state index contributed by atoms with van der Waals surface area (Å²) in [5, 5.41) is 25.3. The number of fused-ring (bicyclic) bond motifs is 4. The number of aromatic amines is 1. The van der Waals surface area contributed by atoms with Crippen LogP contribution in [0.1, 0.15) is 134 Å². The number of H-pyrrole nitrogens is 1. The van der Waals surface area contributed by atoms with Crippen LogP contribution in [0.15, 0.2) is 41.7 Å². The van der Waals surface area contributed by atoms with E-state index in [1.165, 1.54) is 0 Å². The number of hydrogen-bond acceptors (Lipinski definition) is 6. The molecule has 2 aromatic heterocycles. The minimum Gasteiger partial charge on any atom is -0.392 e. The molecule has 3 N–H and O–H groups in total. The van der Waals surface area contributed by atoms with E-state index in [0.29, 0.717) is 44.4 Å². The summed E-state index contributed by atoms with van der Waals surface area (Å²) < 4.78 is 8.28. The number of Topliss-reactive ketones (excluding diaryl/α,β-unsaturated/α-hetero) is 2. The molecule has 57 heavy (non-hydrogen) atoms. The molecule has 2 aliphatic heterocycles. The fourth-order valence-electron chi connectivity index (χ4n) is 14.7. The summed E-state index contributed by atoms with van der Waals surface area (Å²) in [4.78, 5) is 45.4. The average Bonchev–Trinajstić information content (AvgIpc) is 3.37. The van der Waals surface area contributed by atoms with Gasteiger partial charge in [-0.25, -0.2) is 0 Å². The minimum atomic E-state index is -0.778. The SMILES string of the molecule is Cc1cc(C)cc([C@H](C=O)c2cn3c4c(c[nH]c24)CC[C@@](C)(C[C@@H](O)[C@H]2OC2(C)C)C2=C4[C@@H](C3)[C@@H](O)[C@@H]3[C@]5(C)CCC(=O)C(C)(C)[C@@H]5CC[C@]3(C)[C@@]4(C)CC2=O)c1. The van der Waals surface area contributed by atoms with Gasteiger partial charge < -0.3 is 29.3 Å². The van der Waals surface area contributed by atoms with Crippen molar-refractivity contribution in [2.45, 2.75) is 157 Å². The quantitative estimate of drug-likeness (QED) is 0.170. The number of aliphatic hydroxyl groups excluding tert-OH is 2. The van der Waals surface area contributed by atoms with Crippen LogP contribution in [-0.2, 0) is 32.1 Å². The molecule has 3 aromatic rings. The zero-order chi connectivity index (χ0) is 41.0. The van der Waals surface area contributed by atoms with E-state index in [1.807, 2.05) is 13.8 Å². The molecule has 3 saturated carbocycles. The van der Waals surface area contributed by atoms with E-state index in [4.69, 9.17) is 4.74 Å². The van der Waals surface area contributed by atoms with Crippen LogP contribution in [0.25, 0.3) is 11.0 Å². The second-order valence-corrected chi connectivity index (χ2v) is 21.7. The Morgan fingerprint density at radius 3 is 2.32 bits per heavy atom. The number of nitrogens with zero attached hydrogens (tertiary/aromatic N) is 1. The van der Waals surface area contributed by atoms with Gasteiger partial charge in [-0.15, -0.1) is 0 Å². The Morgan fingerprint density at radius 1 is 0.982 bits per heavy atom. The molecule has 1 saturated heterocycles. The first-order valence-electron chi connectivity index (χ1n) is 21.7. The average molecular weight is 777 g/mol. The highest BCUT2D eigenvalue weighted by molar-refractivity contribution is 6.02. The number of ketones is 2. The topological polar surface area (TPSA) is 125 Å². The van der Waals surface area contributed by atoms with E-state index >= 15 is 4.79 Å². The standard InChI is InChI=1S/C49H64N2O6/c1-26-17-27(2)19-29(18-26)32(25-52)30-23-51-24-31-37-38(46(7,20-34(54)43-45(5,6)57-43)14-11-28-22-50-39(30)40(28)51)33(53)21-49(37,10)48(9)16-12-35-44(3,4)36(55)13-15-47(35,8)42(48)41(31)56/h17-19,22-23,25,31-32,34-35,41-43,50,54,56H,11-16,20-21,24H2,1-10H3/t31-,32+,34-,35+,41-,42-,43-,46+,47-,48+,49+/m1/s1. The minimum absolute atomic E-state index is 0.124. The van der Waals surface area contributed by atoms with Gasteiger partial charge in [-0.3, -0.25) is 9.59 Å². The number of aldehydes is 1. The van der Waals surface area contributed by atoms with Gasteiger partial charge in [0.05, 0.1) is 34.8 Å². The third-order valence-electron chi connectivity index (χ3n) is 17.6. The van der Waals surface area contributed by atoms with Gasteiger partial charge in [-0.1, -0.05) is 70.9 Å². The van der Waals surface area contributed by atoms with Gasteiger partial charge in [0.25, 0.3) is 0 Å². The number of allylic oxidation sites excluding steroid dienone is 1. The predicted octanol–water partition coefficient (Wildman–Crippen LogP) is 8.49. The van der Waals surface area contributed by atoms with Gasteiger partial charge in [-0.2, -0.15) is 0 Å². The molecule has 8 heteroatoms. The number of aromatic nitrogens is 2. The first-order valence-corrected chi connectivity index (χ1v) is 21.7. The maximum absolute atomic E-state index is 15.1. The number of ether oxygens (including phenoxy) is 1. The maximum Gasteiger partial charge on any atom is 0.160 e. The molecule has 6 aliphatic rings. The Labute approximate surface area is 338 Å². The van der Waals surface area contributed by atoms with Crippen molar-refractivity contribution in [3.05, 3.63) is 69.6 Å². The first kappa shape index (κ1) is 39.1. The van der Waals surface area contributed by atoms with Crippen molar-refractivity contribution in [1.29, 1.82) is 0 Å². The molecule has 0 unspecified atom stereocenters. The fourth-order valence-corrected chi connectivity index (χ4v) is 14.7. The van der Waals surface area contributed by atoms with E-state index in [2.05, 4.69) is 95.5 Å². The summed E-state index contributed by atoms with van der Waals surface area (Å²) in [6.07, 6.45) is 8.47. The Balaban J connectivity index is 1.26. The molecule has 11 atom stereocenters. The highest BCUT2D eigenvalue weighted by Gasteiger charge is 2.72. The van der Waals surface area contributed by atoms with Crippen molar-refractivity contribution in [3.63, 3.8) is 0 Å². The van der Waals surface area contributed by atoms with Gasteiger partial charge in [0, 0.05) is 59.7 Å². The van der Waals surface area contributed by atoms with Crippen LogP contribution in [0, 0.1) is 58.7 Å². The number of carbonyl (C=O) groups is 3. The van der Waals surface area contributed by atoms with E-state index in [1.54, 1.807) is 0 Å². The van der Waals surface area contributed by atoms with Crippen LogP contribution in [0.2, 0.25) is 0 Å². The summed E-state index contributed by atoms with van der Waals surface area (Å²) in [5.41, 5.74) is 6.24. The lowest BCUT2D eigenvalue weighted by Crippen LogP contribution is -2.67. The summed E-state index contributed by atoms with van der Waals surface area (Å²) in [6.45, 7) is 22.0. The molecule has 8 nitrogen and oxygen atoms in total. The number of nitrogens with one attached hydrogen (secondary N) is 1. The Hall–Kier alpha value is -3.33. The lowest BCUT2D eigenvalue weighted by molar-refractivity contribution is -0.220. The second kappa shape index (κ2) is 12.4. The zero-order valence-electron chi connectivity index (χ0n) is 35.8. The van der Waals surface area contributed by atoms with Gasteiger partial charge in [0.2, 0.25) is 0 Å². The lowest BCUT2D eigenvalue weighted by Gasteiger charge is -2.70. The molecule has 0 bridgehead atoms. The molecule has 1 aromatic carbocycles. The molecule has 0 amide bonds. The fraction of sp³-hybridized carbons (Fsp3) is 0.653. The Kier molecular flexibility index (Phi) is 8.49. The monoisotopic (exact) mass is 776 g/mol. The highest BCUT2D eigenvalue weighted by atomic mass is 16.6. The van der Waals surface area contributed by atoms with Crippen LogP contribution < -0.4 is 0 Å². The molecule has 9 rings (SSSR count). The normalized spacial score (nSPS) is 39.0. The molecule has 0 spiro atoms. The van der Waals surface area contributed by atoms with Crippen molar-refractivity contribution >= 4 is 28.9 Å². The number of carbonyl (C=O) groups excluding carboxylic acids is 3. The number of epoxide rings is 1. The third kappa shape index (κ3) is 5.30. The molecule has 0 radical (unpaired) electrons. The lowest BCUT2D eigenvalue weighted by atomic mass is 9.34. The van der Waals surface area contributed by atoms with Crippen LogP contribution in [0.5, 0.6) is 0 Å².